The number of rotatable bonds is 6. The summed E-state index contributed by atoms with van der Waals surface area (Å²) in [5, 5.41) is 11.8. The van der Waals surface area contributed by atoms with Crippen LogP contribution >= 0.6 is 23.2 Å². The lowest BCUT2D eigenvalue weighted by Crippen LogP contribution is -2.30. The van der Waals surface area contributed by atoms with E-state index >= 15 is 0 Å². The molecule has 142 valence electrons. The van der Waals surface area contributed by atoms with Crippen molar-refractivity contribution in [2.45, 2.75) is 18.7 Å². The lowest BCUT2D eigenvalue weighted by atomic mass is 10.2. The predicted molar refractivity (Wildman–Crippen MR) is 106 cm³/mol. The first-order chi connectivity index (χ1) is 12.7. The Balaban J connectivity index is 2.37. The number of hydrogen-bond acceptors (Lipinski definition) is 4. The van der Waals surface area contributed by atoms with Gasteiger partial charge in [0.05, 0.1) is 26.1 Å². The molecule has 2 rings (SSSR count). The SMILES string of the molecule is CCN(CC)S(=O)(=O)c1ccc(Cl)c(C(=O)Nc2ccc(C#N)c(Cl)c2)c1. The first-order valence-corrected chi connectivity index (χ1v) is 10.2. The molecule has 0 radical (unpaired) electrons. The molecular weight excluding hydrogens is 409 g/mol. The fourth-order valence-electron chi connectivity index (χ4n) is 2.43. The van der Waals surface area contributed by atoms with Gasteiger partial charge in [0.1, 0.15) is 6.07 Å². The van der Waals surface area contributed by atoms with E-state index in [0.29, 0.717) is 18.8 Å². The Hall–Kier alpha value is -2.11. The molecule has 0 atom stereocenters. The van der Waals surface area contributed by atoms with Gasteiger partial charge in [-0.05, 0) is 36.4 Å². The Morgan fingerprint density at radius 3 is 2.33 bits per heavy atom. The Bertz CT molecular complexity index is 1010. The molecule has 9 heteroatoms. The molecule has 0 fully saturated rings. The zero-order valence-electron chi connectivity index (χ0n) is 14.7. The van der Waals surface area contributed by atoms with Gasteiger partial charge in [-0.1, -0.05) is 37.0 Å². The van der Waals surface area contributed by atoms with Crippen LogP contribution in [-0.4, -0.2) is 31.7 Å². The van der Waals surface area contributed by atoms with Gasteiger partial charge in [-0.15, -0.1) is 0 Å². The summed E-state index contributed by atoms with van der Waals surface area (Å²) in [5.74, 6) is -0.586. The molecule has 0 aliphatic carbocycles. The van der Waals surface area contributed by atoms with Crippen LogP contribution in [0.15, 0.2) is 41.3 Å². The Kier molecular flexibility index (Phi) is 6.84. The van der Waals surface area contributed by atoms with Gasteiger partial charge < -0.3 is 5.32 Å². The van der Waals surface area contributed by atoms with Crippen LogP contribution < -0.4 is 5.32 Å². The number of amides is 1. The molecule has 0 aliphatic heterocycles. The molecule has 0 saturated carbocycles. The summed E-state index contributed by atoms with van der Waals surface area (Å²) in [6.07, 6.45) is 0. The smallest absolute Gasteiger partial charge is 0.257 e. The average molecular weight is 426 g/mol. The maximum Gasteiger partial charge on any atom is 0.257 e. The van der Waals surface area contributed by atoms with Crippen molar-refractivity contribution in [3.8, 4) is 6.07 Å². The topological polar surface area (TPSA) is 90.3 Å². The Morgan fingerprint density at radius 2 is 1.78 bits per heavy atom. The molecule has 27 heavy (non-hydrogen) atoms. The molecular formula is C18H17Cl2N3O3S. The maximum atomic E-state index is 12.7. The van der Waals surface area contributed by atoms with Crippen molar-refractivity contribution in [2.24, 2.45) is 0 Å². The van der Waals surface area contributed by atoms with Crippen LogP contribution in [0.3, 0.4) is 0 Å². The van der Waals surface area contributed by atoms with E-state index in [-0.39, 0.29) is 26.1 Å². The van der Waals surface area contributed by atoms with Crippen molar-refractivity contribution in [2.75, 3.05) is 18.4 Å². The minimum Gasteiger partial charge on any atom is -0.322 e. The molecule has 0 heterocycles. The third-order valence-electron chi connectivity index (χ3n) is 3.87. The highest BCUT2D eigenvalue weighted by Crippen LogP contribution is 2.25. The molecule has 1 amide bonds. The number of carbonyl (C=O) groups excluding carboxylic acids is 1. The van der Waals surface area contributed by atoms with Gasteiger partial charge in [-0.2, -0.15) is 9.57 Å². The molecule has 0 spiro atoms. The van der Waals surface area contributed by atoms with E-state index in [0.717, 1.165) is 0 Å². The predicted octanol–water partition coefficient (Wildman–Crippen LogP) is 4.15. The quantitative estimate of drug-likeness (QED) is 0.752. The minimum absolute atomic E-state index is 0.0152. The number of nitrogens with one attached hydrogen (secondary N) is 1. The number of carbonyl (C=O) groups is 1. The molecule has 1 N–H and O–H groups in total. The summed E-state index contributed by atoms with van der Waals surface area (Å²) in [7, 11) is -3.73. The largest absolute Gasteiger partial charge is 0.322 e. The van der Waals surface area contributed by atoms with Crippen molar-refractivity contribution in [3.63, 3.8) is 0 Å². The second-order valence-corrected chi connectivity index (χ2v) is 8.24. The molecule has 2 aromatic carbocycles. The number of halogens is 2. The highest BCUT2D eigenvalue weighted by molar-refractivity contribution is 7.89. The molecule has 2 aromatic rings. The number of benzene rings is 2. The zero-order valence-corrected chi connectivity index (χ0v) is 17.0. The molecule has 0 aromatic heterocycles. The van der Waals surface area contributed by atoms with Crippen LogP contribution in [0.4, 0.5) is 5.69 Å². The van der Waals surface area contributed by atoms with E-state index in [9.17, 15) is 13.2 Å². The molecule has 0 unspecified atom stereocenters. The van der Waals surface area contributed by atoms with E-state index in [2.05, 4.69) is 5.32 Å². The third-order valence-corrected chi connectivity index (χ3v) is 6.56. The van der Waals surface area contributed by atoms with Gasteiger partial charge in [0.2, 0.25) is 10.0 Å². The van der Waals surface area contributed by atoms with Gasteiger partial charge in [0.25, 0.3) is 5.91 Å². The van der Waals surface area contributed by atoms with Crippen LogP contribution in [0.5, 0.6) is 0 Å². The van der Waals surface area contributed by atoms with E-state index < -0.39 is 15.9 Å². The molecule has 6 nitrogen and oxygen atoms in total. The second kappa shape index (κ2) is 8.72. The third kappa shape index (κ3) is 4.60. The van der Waals surface area contributed by atoms with Crippen LogP contribution in [-0.2, 0) is 10.0 Å². The van der Waals surface area contributed by atoms with Gasteiger partial charge >= 0.3 is 0 Å². The fraction of sp³-hybridized carbons (Fsp3) is 0.222. The van der Waals surface area contributed by atoms with Crippen molar-refractivity contribution in [3.05, 3.63) is 57.6 Å². The second-order valence-electron chi connectivity index (χ2n) is 5.49. The van der Waals surface area contributed by atoms with E-state index in [1.807, 2.05) is 6.07 Å². The summed E-state index contributed by atoms with van der Waals surface area (Å²) in [6, 6.07) is 10.3. The summed E-state index contributed by atoms with van der Waals surface area (Å²) in [6.45, 7) is 4.10. The van der Waals surface area contributed by atoms with Crippen LogP contribution in [0.1, 0.15) is 29.8 Å². The van der Waals surface area contributed by atoms with Gasteiger partial charge in [0.15, 0.2) is 0 Å². The van der Waals surface area contributed by atoms with Crippen molar-refractivity contribution < 1.29 is 13.2 Å². The normalized spacial score (nSPS) is 11.3. The van der Waals surface area contributed by atoms with Crippen molar-refractivity contribution in [1.29, 1.82) is 5.26 Å². The van der Waals surface area contributed by atoms with Gasteiger partial charge in [0, 0.05) is 18.8 Å². The Morgan fingerprint density at radius 1 is 1.11 bits per heavy atom. The monoisotopic (exact) mass is 425 g/mol. The highest BCUT2D eigenvalue weighted by Gasteiger charge is 2.24. The lowest BCUT2D eigenvalue weighted by Gasteiger charge is -2.19. The molecule has 0 saturated heterocycles. The first kappa shape index (κ1) is 21.2. The Labute approximate surface area is 168 Å². The number of nitriles is 1. The number of sulfonamides is 1. The molecule has 0 bridgehead atoms. The highest BCUT2D eigenvalue weighted by atomic mass is 35.5. The number of hydrogen-bond donors (Lipinski definition) is 1. The lowest BCUT2D eigenvalue weighted by molar-refractivity contribution is 0.102. The zero-order chi connectivity index (χ0) is 20.2. The van der Waals surface area contributed by atoms with E-state index in [1.165, 1.54) is 40.7 Å². The van der Waals surface area contributed by atoms with Crippen LogP contribution in [0.2, 0.25) is 10.0 Å². The standard InChI is InChI=1S/C18H17Cl2N3O3S/c1-3-23(4-2)27(25,26)14-7-8-16(19)15(10-14)18(24)22-13-6-5-12(11-21)17(20)9-13/h5-10H,3-4H2,1-2H3,(H,22,24). The van der Waals surface area contributed by atoms with E-state index in [4.69, 9.17) is 28.5 Å². The van der Waals surface area contributed by atoms with Gasteiger partial charge in [-0.3, -0.25) is 4.79 Å². The minimum atomic E-state index is -3.73. The summed E-state index contributed by atoms with van der Waals surface area (Å²) in [4.78, 5) is 12.6. The summed E-state index contributed by atoms with van der Waals surface area (Å²) in [5.41, 5.74) is 0.655. The van der Waals surface area contributed by atoms with Gasteiger partial charge in [-0.25, -0.2) is 8.42 Å². The average Bonchev–Trinajstić information content (AvgIpc) is 2.62. The van der Waals surface area contributed by atoms with E-state index in [1.54, 1.807) is 13.8 Å². The number of anilines is 1. The maximum absolute atomic E-state index is 12.7. The van der Waals surface area contributed by atoms with Crippen molar-refractivity contribution in [1.82, 2.24) is 4.31 Å². The summed E-state index contributed by atoms with van der Waals surface area (Å²) < 4.78 is 26.6. The molecule has 0 aliphatic rings. The van der Waals surface area contributed by atoms with Crippen LogP contribution in [0.25, 0.3) is 0 Å². The fourth-order valence-corrected chi connectivity index (χ4v) is 4.34. The first-order valence-electron chi connectivity index (χ1n) is 8.05. The summed E-state index contributed by atoms with van der Waals surface area (Å²) >= 11 is 12.1. The van der Waals surface area contributed by atoms with Crippen molar-refractivity contribution >= 4 is 44.8 Å². The van der Waals surface area contributed by atoms with Crippen LogP contribution in [0, 0.1) is 11.3 Å². The number of nitrogens with zero attached hydrogens (tertiary/aromatic N) is 2.